The van der Waals surface area contributed by atoms with Crippen molar-refractivity contribution in [3.8, 4) is 44.5 Å². The van der Waals surface area contributed by atoms with E-state index >= 15 is 0 Å². The van der Waals surface area contributed by atoms with Gasteiger partial charge in [0.1, 0.15) is 0 Å². The number of allylic oxidation sites excluding steroid dienone is 1. The fraction of sp³-hybridized carbons (Fsp3) is 0.279. The summed E-state index contributed by atoms with van der Waals surface area (Å²) in [6.07, 6.45) is 10.2. The molecule has 7 unspecified atom stereocenters. The van der Waals surface area contributed by atoms with Crippen LogP contribution in [0.2, 0.25) is 0 Å². The Hall–Kier alpha value is -5.72. The van der Waals surface area contributed by atoms with E-state index in [0.717, 1.165) is 24.7 Å². The quantitative estimate of drug-likeness (QED) is 0.111. The van der Waals surface area contributed by atoms with Crippen molar-refractivity contribution in [1.82, 2.24) is 0 Å². The van der Waals surface area contributed by atoms with Gasteiger partial charge in [0.2, 0.25) is 0 Å². The number of fused-ring (bicyclic) bond motifs is 13. The van der Waals surface area contributed by atoms with E-state index in [9.17, 15) is 0 Å². The molecule has 12 rings (SSSR count). The van der Waals surface area contributed by atoms with Crippen molar-refractivity contribution in [1.29, 1.82) is 0 Å². The van der Waals surface area contributed by atoms with Crippen LogP contribution in [0.25, 0.3) is 44.5 Å². The maximum Gasteiger partial charge on any atom is 0.0449 e. The molecule has 5 aliphatic rings. The first-order chi connectivity index (χ1) is 30.0. The van der Waals surface area contributed by atoms with Gasteiger partial charge in [-0.1, -0.05) is 203 Å². The van der Waals surface area contributed by atoms with E-state index in [1.165, 1.54) is 116 Å². The summed E-state index contributed by atoms with van der Waals surface area (Å²) >= 11 is 0. The normalized spacial score (nSPS) is 25.7. The van der Waals surface area contributed by atoms with Crippen LogP contribution in [0.5, 0.6) is 0 Å². The summed E-state index contributed by atoms with van der Waals surface area (Å²) in [4.78, 5) is 0. The molecule has 0 aromatic heterocycles. The molecule has 3 fully saturated rings. The average molecular weight is 789 g/mol. The second-order valence-corrected chi connectivity index (χ2v) is 19.4. The summed E-state index contributed by atoms with van der Waals surface area (Å²) in [6, 6.07) is 63.5. The zero-order valence-corrected chi connectivity index (χ0v) is 35.8. The Labute approximate surface area is 363 Å². The van der Waals surface area contributed by atoms with Gasteiger partial charge in [0.15, 0.2) is 0 Å². The van der Waals surface area contributed by atoms with Crippen LogP contribution in [-0.4, -0.2) is 0 Å². The standard InChI is InChI=1S/C61H56/c1-4-40-33-39(3)61(47(5-2)34-40)57-22-14-12-18-50(57)52-31-28-46(37-58(52)61)59(53-20-10-9-17-49(53)44-26-24-43(25-27-44)42-15-7-6-8-16-42)45-29-32-56-54(36-45)51-19-11-13-21-55(51)60(56)38-41-23-30-48(60)35-41/h6-22,24-29,31-32,36-37,40-41,47-48,59H,3-5,23,30,33-35,38H2,1-2H3. The van der Waals surface area contributed by atoms with E-state index in [1.54, 1.807) is 11.1 Å². The summed E-state index contributed by atoms with van der Waals surface area (Å²) in [5.41, 5.74) is 22.5. The highest BCUT2D eigenvalue weighted by Crippen LogP contribution is 2.66. The second kappa shape index (κ2) is 14.2. The molecule has 7 atom stereocenters. The lowest BCUT2D eigenvalue weighted by atomic mass is 9.55. The molecule has 7 aromatic rings. The van der Waals surface area contributed by atoms with Crippen LogP contribution in [0.1, 0.15) is 110 Å². The lowest BCUT2D eigenvalue weighted by Gasteiger charge is -2.48. The van der Waals surface area contributed by atoms with E-state index < -0.39 is 0 Å². The molecule has 0 aliphatic heterocycles. The molecule has 0 saturated heterocycles. The topological polar surface area (TPSA) is 0 Å². The fourth-order valence-electron chi connectivity index (χ4n) is 14.2. The highest BCUT2D eigenvalue weighted by atomic mass is 14.6. The molecule has 2 spiro atoms. The maximum absolute atomic E-state index is 5.03. The van der Waals surface area contributed by atoms with Crippen LogP contribution in [-0.2, 0) is 10.8 Å². The SMILES string of the molecule is C=C1CC(CC)CC(CC)C12c1ccccc1-c1ccc(C(c3ccc4c(c3)-c3ccccc3C43CC4CCC3C4)c3ccccc3-c3ccc(-c4ccccc4)cc3)cc12. The lowest BCUT2D eigenvalue weighted by Crippen LogP contribution is -2.41. The van der Waals surface area contributed by atoms with Gasteiger partial charge in [-0.2, -0.15) is 0 Å². The Morgan fingerprint density at radius 1 is 0.525 bits per heavy atom. The predicted octanol–water partition coefficient (Wildman–Crippen LogP) is 16.0. The molecular weight excluding hydrogens is 733 g/mol. The van der Waals surface area contributed by atoms with Crippen LogP contribution in [0.3, 0.4) is 0 Å². The molecule has 0 N–H and O–H groups in total. The third-order valence-electron chi connectivity index (χ3n) is 16.8. The van der Waals surface area contributed by atoms with Crippen LogP contribution in [0.4, 0.5) is 0 Å². The second-order valence-electron chi connectivity index (χ2n) is 19.4. The zero-order chi connectivity index (χ0) is 40.9. The summed E-state index contributed by atoms with van der Waals surface area (Å²) in [6.45, 7) is 9.83. The van der Waals surface area contributed by atoms with Crippen LogP contribution in [0, 0.1) is 23.7 Å². The first kappa shape index (κ1) is 37.1. The minimum absolute atomic E-state index is 0.0328. The Balaban J connectivity index is 1.07. The Morgan fingerprint density at radius 3 is 1.89 bits per heavy atom. The van der Waals surface area contributed by atoms with Crippen molar-refractivity contribution in [2.75, 3.05) is 0 Å². The third kappa shape index (κ3) is 5.30. The zero-order valence-electron chi connectivity index (χ0n) is 35.8. The van der Waals surface area contributed by atoms with E-state index in [1.807, 2.05) is 0 Å². The molecule has 0 radical (unpaired) electrons. The van der Waals surface area contributed by atoms with Crippen molar-refractivity contribution in [2.24, 2.45) is 23.7 Å². The van der Waals surface area contributed by atoms with Gasteiger partial charge >= 0.3 is 0 Å². The summed E-state index contributed by atoms with van der Waals surface area (Å²) < 4.78 is 0. The third-order valence-corrected chi connectivity index (χ3v) is 16.8. The molecule has 3 saturated carbocycles. The molecule has 300 valence electrons. The van der Waals surface area contributed by atoms with Crippen LogP contribution >= 0.6 is 0 Å². The highest BCUT2D eigenvalue weighted by Gasteiger charge is 2.57. The van der Waals surface area contributed by atoms with E-state index in [-0.39, 0.29) is 16.7 Å². The Morgan fingerprint density at radius 2 is 1.15 bits per heavy atom. The first-order valence-electron chi connectivity index (χ1n) is 23.4. The van der Waals surface area contributed by atoms with Gasteiger partial charge in [-0.15, -0.1) is 0 Å². The predicted molar refractivity (Wildman–Crippen MR) is 255 cm³/mol. The van der Waals surface area contributed by atoms with Crippen molar-refractivity contribution < 1.29 is 0 Å². The van der Waals surface area contributed by atoms with E-state index in [4.69, 9.17) is 6.58 Å². The van der Waals surface area contributed by atoms with Gasteiger partial charge in [0, 0.05) is 16.7 Å². The van der Waals surface area contributed by atoms with Crippen molar-refractivity contribution in [3.63, 3.8) is 0 Å². The minimum atomic E-state index is -0.176. The number of benzene rings is 7. The molecule has 5 aliphatic carbocycles. The summed E-state index contributed by atoms with van der Waals surface area (Å²) in [5, 5.41) is 0. The molecule has 0 heteroatoms. The van der Waals surface area contributed by atoms with Gasteiger partial charge in [0.25, 0.3) is 0 Å². The molecule has 0 nitrogen and oxygen atoms in total. The van der Waals surface area contributed by atoms with Crippen molar-refractivity contribution >= 4 is 0 Å². The molecule has 0 heterocycles. The smallest absolute Gasteiger partial charge is 0.0449 e. The molecule has 0 amide bonds. The monoisotopic (exact) mass is 788 g/mol. The van der Waals surface area contributed by atoms with Gasteiger partial charge in [0.05, 0.1) is 0 Å². The number of hydrogen-bond donors (Lipinski definition) is 0. The maximum atomic E-state index is 5.03. The lowest BCUT2D eigenvalue weighted by molar-refractivity contribution is 0.224. The molecular formula is C61H56. The van der Waals surface area contributed by atoms with Gasteiger partial charge in [-0.3, -0.25) is 0 Å². The van der Waals surface area contributed by atoms with E-state index in [2.05, 4.69) is 178 Å². The fourth-order valence-corrected chi connectivity index (χ4v) is 14.2. The van der Waals surface area contributed by atoms with Crippen LogP contribution < -0.4 is 0 Å². The highest BCUT2D eigenvalue weighted by molar-refractivity contribution is 5.86. The largest absolute Gasteiger partial charge is 0.0986 e. The average Bonchev–Trinajstić information content (AvgIpc) is 4.08. The Kier molecular flexibility index (Phi) is 8.61. The number of hydrogen-bond acceptors (Lipinski definition) is 0. The summed E-state index contributed by atoms with van der Waals surface area (Å²) in [7, 11) is 0. The molecule has 7 aromatic carbocycles. The van der Waals surface area contributed by atoms with Crippen molar-refractivity contribution in [2.45, 2.75) is 82.0 Å². The van der Waals surface area contributed by atoms with Crippen LogP contribution in [0.15, 0.2) is 176 Å². The summed E-state index contributed by atoms with van der Waals surface area (Å²) in [5.74, 6) is 2.85. The minimum Gasteiger partial charge on any atom is -0.0986 e. The van der Waals surface area contributed by atoms with Crippen molar-refractivity contribution in [3.05, 3.63) is 215 Å². The Bertz CT molecular complexity index is 2840. The molecule has 2 bridgehead atoms. The van der Waals surface area contributed by atoms with Gasteiger partial charge < -0.3 is 0 Å². The molecule has 61 heavy (non-hydrogen) atoms. The number of rotatable bonds is 7. The first-order valence-corrected chi connectivity index (χ1v) is 23.4. The van der Waals surface area contributed by atoms with Gasteiger partial charge in [-0.05, 0) is 145 Å². The van der Waals surface area contributed by atoms with Gasteiger partial charge in [-0.25, -0.2) is 0 Å². The van der Waals surface area contributed by atoms with E-state index in [0.29, 0.717) is 11.8 Å².